The number of aromatic nitrogens is 2. The van der Waals surface area contributed by atoms with E-state index in [1.807, 2.05) is 18.2 Å². The van der Waals surface area contributed by atoms with Crippen LogP contribution in [0.4, 0.5) is 5.82 Å². The third kappa shape index (κ3) is 1.95. The van der Waals surface area contributed by atoms with Crippen LogP contribution in [0.1, 0.15) is 16.0 Å². The molecule has 0 saturated heterocycles. The Kier molecular flexibility index (Phi) is 3.16. The topological polar surface area (TPSA) is 63.8 Å². The summed E-state index contributed by atoms with van der Waals surface area (Å²) in [6, 6.07) is 8.10. The predicted octanol–water partition coefficient (Wildman–Crippen LogP) is 3.57. The molecule has 0 amide bonds. The van der Waals surface area contributed by atoms with E-state index in [0.29, 0.717) is 11.6 Å². The van der Waals surface area contributed by atoms with Gasteiger partial charge in [-0.2, -0.15) is 0 Å². The van der Waals surface area contributed by atoms with Crippen molar-refractivity contribution >= 4 is 27.4 Å². The van der Waals surface area contributed by atoms with Crippen molar-refractivity contribution in [1.82, 2.24) is 9.97 Å². The number of rotatable bonds is 2. The van der Waals surface area contributed by atoms with Gasteiger partial charge in [-0.25, -0.2) is 15.8 Å². The standard InChI is InChI=1S/C15H16N4S/c1-8-6-4-5-7-11(8)13-17-14(19-16)12-9(2)10(3)20-15(12)18-13/h4-7H,16H2,1-3H3,(H,17,18,19). The highest BCUT2D eigenvalue weighted by molar-refractivity contribution is 7.18. The molecule has 1 aromatic carbocycles. The van der Waals surface area contributed by atoms with Gasteiger partial charge in [-0.05, 0) is 31.9 Å². The lowest BCUT2D eigenvalue weighted by atomic mass is 10.1. The molecule has 2 heterocycles. The van der Waals surface area contributed by atoms with Crippen molar-refractivity contribution in [3.63, 3.8) is 0 Å². The van der Waals surface area contributed by atoms with Gasteiger partial charge >= 0.3 is 0 Å². The minimum absolute atomic E-state index is 0.690. The highest BCUT2D eigenvalue weighted by atomic mass is 32.1. The summed E-state index contributed by atoms with van der Waals surface area (Å²) in [5, 5.41) is 1.02. The van der Waals surface area contributed by atoms with Crippen LogP contribution in [0, 0.1) is 20.8 Å². The molecule has 3 rings (SSSR count). The molecule has 3 N–H and O–H groups in total. The lowest BCUT2D eigenvalue weighted by Gasteiger charge is -2.08. The van der Waals surface area contributed by atoms with Gasteiger partial charge in [0.1, 0.15) is 4.83 Å². The number of nitrogen functional groups attached to an aromatic ring is 1. The van der Waals surface area contributed by atoms with Gasteiger partial charge in [0.25, 0.3) is 0 Å². The van der Waals surface area contributed by atoms with E-state index in [0.717, 1.165) is 21.3 Å². The third-order valence-electron chi connectivity index (χ3n) is 3.55. The molecule has 20 heavy (non-hydrogen) atoms. The van der Waals surface area contributed by atoms with Gasteiger partial charge < -0.3 is 5.43 Å². The molecule has 0 saturated carbocycles. The summed E-state index contributed by atoms with van der Waals surface area (Å²) >= 11 is 1.68. The summed E-state index contributed by atoms with van der Waals surface area (Å²) in [5.74, 6) is 7.05. The van der Waals surface area contributed by atoms with E-state index in [1.165, 1.54) is 10.4 Å². The number of aryl methyl sites for hydroxylation is 3. The Balaban J connectivity index is 2.32. The molecule has 0 fully saturated rings. The maximum atomic E-state index is 5.64. The fraction of sp³-hybridized carbons (Fsp3) is 0.200. The first-order chi connectivity index (χ1) is 9.61. The number of nitrogens with one attached hydrogen (secondary N) is 1. The SMILES string of the molecule is Cc1ccccc1-c1nc(NN)c2c(C)c(C)sc2n1. The first kappa shape index (κ1) is 13.0. The molecule has 0 aliphatic heterocycles. The largest absolute Gasteiger partial charge is 0.308 e. The average Bonchev–Trinajstić information content (AvgIpc) is 2.73. The van der Waals surface area contributed by atoms with E-state index in [4.69, 9.17) is 10.8 Å². The molecule has 0 aliphatic rings. The van der Waals surface area contributed by atoms with Crippen LogP contribution in [0.5, 0.6) is 0 Å². The lowest BCUT2D eigenvalue weighted by Crippen LogP contribution is -2.10. The van der Waals surface area contributed by atoms with Crippen LogP contribution in [-0.2, 0) is 0 Å². The zero-order valence-electron chi connectivity index (χ0n) is 11.7. The van der Waals surface area contributed by atoms with Crippen LogP contribution in [0.3, 0.4) is 0 Å². The maximum Gasteiger partial charge on any atom is 0.163 e. The van der Waals surface area contributed by atoms with Gasteiger partial charge in [0, 0.05) is 10.4 Å². The number of hydrogen-bond acceptors (Lipinski definition) is 5. The molecule has 0 spiro atoms. The molecule has 3 aromatic rings. The Morgan fingerprint density at radius 2 is 1.85 bits per heavy atom. The number of fused-ring (bicyclic) bond motifs is 1. The van der Waals surface area contributed by atoms with Gasteiger partial charge in [-0.3, -0.25) is 0 Å². The fourth-order valence-corrected chi connectivity index (χ4v) is 3.33. The number of hydrogen-bond donors (Lipinski definition) is 2. The second kappa shape index (κ2) is 4.85. The molecule has 0 unspecified atom stereocenters. The molecule has 4 nitrogen and oxygen atoms in total. The van der Waals surface area contributed by atoms with Crippen molar-refractivity contribution < 1.29 is 0 Å². The normalized spacial score (nSPS) is 11.0. The van der Waals surface area contributed by atoms with Crippen LogP contribution < -0.4 is 11.3 Å². The van der Waals surface area contributed by atoms with Crippen molar-refractivity contribution in [3.05, 3.63) is 40.3 Å². The summed E-state index contributed by atoms with van der Waals surface area (Å²) in [6.07, 6.45) is 0. The Morgan fingerprint density at radius 3 is 2.55 bits per heavy atom. The van der Waals surface area contributed by atoms with E-state index >= 15 is 0 Å². The Morgan fingerprint density at radius 1 is 1.10 bits per heavy atom. The van der Waals surface area contributed by atoms with Gasteiger partial charge in [0.05, 0.1) is 5.39 Å². The van der Waals surface area contributed by atoms with Gasteiger partial charge in [0.15, 0.2) is 11.6 Å². The Hall–Kier alpha value is -1.98. The number of benzene rings is 1. The molecule has 0 radical (unpaired) electrons. The number of nitrogens with zero attached hydrogens (tertiary/aromatic N) is 2. The summed E-state index contributed by atoms with van der Waals surface area (Å²) < 4.78 is 0. The van der Waals surface area contributed by atoms with E-state index in [2.05, 4.69) is 37.2 Å². The van der Waals surface area contributed by atoms with Crippen molar-refractivity contribution in [1.29, 1.82) is 0 Å². The minimum Gasteiger partial charge on any atom is -0.308 e. The molecule has 5 heteroatoms. The van der Waals surface area contributed by atoms with Crippen molar-refractivity contribution in [2.24, 2.45) is 5.84 Å². The van der Waals surface area contributed by atoms with Crippen LogP contribution in [0.25, 0.3) is 21.6 Å². The van der Waals surface area contributed by atoms with Crippen molar-refractivity contribution in [3.8, 4) is 11.4 Å². The van der Waals surface area contributed by atoms with Gasteiger partial charge in [0.2, 0.25) is 0 Å². The molecule has 102 valence electrons. The number of thiophene rings is 1. The summed E-state index contributed by atoms with van der Waals surface area (Å²) in [5.41, 5.74) is 6.09. The second-order valence-corrected chi connectivity index (χ2v) is 6.02. The molecule has 0 atom stereocenters. The lowest BCUT2D eigenvalue weighted by molar-refractivity contribution is 1.18. The van der Waals surface area contributed by atoms with Crippen LogP contribution in [0.15, 0.2) is 24.3 Å². The van der Waals surface area contributed by atoms with Crippen LogP contribution >= 0.6 is 11.3 Å². The van der Waals surface area contributed by atoms with Crippen molar-refractivity contribution in [2.45, 2.75) is 20.8 Å². The van der Waals surface area contributed by atoms with E-state index in [-0.39, 0.29) is 0 Å². The zero-order chi connectivity index (χ0) is 14.3. The first-order valence-electron chi connectivity index (χ1n) is 6.42. The van der Waals surface area contributed by atoms with Crippen LogP contribution in [0.2, 0.25) is 0 Å². The van der Waals surface area contributed by atoms with Gasteiger partial charge in [-0.1, -0.05) is 24.3 Å². The molecular formula is C15H16N4S. The van der Waals surface area contributed by atoms with Gasteiger partial charge in [-0.15, -0.1) is 11.3 Å². The van der Waals surface area contributed by atoms with Crippen molar-refractivity contribution in [2.75, 3.05) is 5.43 Å². The fourth-order valence-electron chi connectivity index (χ4n) is 2.30. The minimum atomic E-state index is 0.690. The second-order valence-electron chi connectivity index (χ2n) is 4.82. The highest BCUT2D eigenvalue weighted by Gasteiger charge is 2.15. The summed E-state index contributed by atoms with van der Waals surface area (Å²) in [4.78, 5) is 11.5. The summed E-state index contributed by atoms with van der Waals surface area (Å²) in [6.45, 7) is 6.23. The Labute approximate surface area is 121 Å². The van der Waals surface area contributed by atoms with E-state index < -0.39 is 0 Å². The highest BCUT2D eigenvalue weighted by Crippen LogP contribution is 2.34. The zero-order valence-corrected chi connectivity index (χ0v) is 12.5. The molecule has 0 aliphatic carbocycles. The Bertz CT molecular complexity index is 792. The van der Waals surface area contributed by atoms with Crippen LogP contribution in [-0.4, -0.2) is 9.97 Å². The quantitative estimate of drug-likeness (QED) is 0.558. The molecule has 2 aromatic heterocycles. The third-order valence-corrected chi connectivity index (χ3v) is 4.65. The van der Waals surface area contributed by atoms with E-state index in [1.54, 1.807) is 11.3 Å². The first-order valence-corrected chi connectivity index (χ1v) is 7.24. The maximum absolute atomic E-state index is 5.64. The number of nitrogens with two attached hydrogens (primary N) is 1. The number of hydrazine groups is 1. The molecular weight excluding hydrogens is 268 g/mol. The monoisotopic (exact) mass is 284 g/mol. The predicted molar refractivity (Wildman–Crippen MR) is 84.9 cm³/mol. The van der Waals surface area contributed by atoms with E-state index in [9.17, 15) is 0 Å². The average molecular weight is 284 g/mol. The number of anilines is 1. The summed E-state index contributed by atoms with van der Waals surface area (Å²) in [7, 11) is 0. The molecule has 0 bridgehead atoms. The smallest absolute Gasteiger partial charge is 0.163 e.